The molecule has 2 rings (SSSR count). The first kappa shape index (κ1) is 15.1. The molecule has 2 unspecified atom stereocenters. The summed E-state index contributed by atoms with van der Waals surface area (Å²) in [6.07, 6.45) is 3.61. The number of aliphatic hydroxyl groups excluding tert-OH is 1. The van der Waals surface area contributed by atoms with E-state index in [1.54, 1.807) is 43.6 Å². The van der Waals surface area contributed by atoms with Crippen molar-refractivity contribution in [3.05, 3.63) is 48.0 Å². The molecule has 6 nitrogen and oxygen atoms in total. The highest BCUT2D eigenvalue weighted by molar-refractivity contribution is 5.89. The van der Waals surface area contributed by atoms with Crippen LogP contribution in [0.5, 0.6) is 0 Å². The number of nitrogens with one attached hydrogen (secondary N) is 3. The Morgan fingerprint density at radius 2 is 2.10 bits per heavy atom. The topological polar surface area (TPSA) is 90.0 Å². The smallest absolute Gasteiger partial charge is 0.319 e. The summed E-state index contributed by atoms with van der Waals surface area (Å²) >= 11 is 0. The molecule has 0 aliphatic carbocycles. The van der Waals surface area contributed by atoms with Crippen molar-refractivity contribution in [2.45, 2.75) is 32.4 Å². The van der Waals surface area contributed by atoms with Gasteiger partial charge >= 0.3 is 6.03 Å². The van der Waals surface area contributed by atoms with E-state index in [2.05, 4.69) is 20.6 Å². The summed E-state index contributed by atoms with van der Waals surface area (Å²) in [5, 5.41) is 15.1. The maximum absolute atomic E-state index is 12.0. The molecule has 2 atom stereocenters. The van der Waals surface area contributed by atoms with Gasteiger partial charge in [-0.2, -0.15) is 0 Å². The van der Waals surface area contributed by atoms with Crippen LogP contribution in [0.2, 0.25) is 0 Å². The number of rotatable bonds is 5. The molecule has 21 heavy (non-hydrogen) atoms. The monoisotopic (exact) mass is 288 g/mol. The van der Waals surface area contributed by atoms with Gasteiger partial charge < -0.3 is 20.7 Å². The van der Waals surface area contributed by atoms with Gasteiger partial charge in [0.15, 0.2) is 0 Å². The SMILES string of the molecule is CCC(NC(=O)Nc1ccc(C(C)O)cc1)c1ncc[nH]1. The van der Waals surface area contributed by atoms with E-state index < -0.39 is 6.10 Å². The van der Waals surface area contributed by atoms with Crippen molar-refractivity contribution in [3.63, 3.8) is 0 Å². The van der Waals surface area contributed by atoms with Crippen LogP contribution in [0.25, 0.3) is 0 Å². The number of carbonyl (C=O) groups is 1. The third kappa shape index (κ3) is 4.06. The molecule has 112 valence electrons. The third-order valence-corrected chi connectivity index (χ3v) is 3.21. The van der Waals surface area contributed by atoms with Gasteiger partial charge in [0.05, 0.1) is 12.1 Å². The van der Waals surface area contributed by atoms with Gasteiger partial charge in [0, 0.05) is 18.1 Å². The molecular formula is C15H20N4O2. The van der Waals surface area contributed by atoms with Gasteiger partial charge in [-0.1, -0.05) is 19.1 Å². The standard InChI is InChI=1S/C15H20N4O2/c1-3-13(14-16-8-9-17-14)19-15(21)18-12-6-4-11(5-7-12)10(2)20/h4-10,13,20H,3H2,1-2H3,(H,16,17)(H2,18,19,21). The number of hydrogen-bond acceptors (Lipinski definition) is 3. The number of aromatic amines is 1. The molecular weight excluding hydrogens is 268 g/mol. The second kappa shape index (κ2) is 6.90. The molecule has 0 aliphatic rings. The normalized spacial score (nSPS) is 13.5. The largest absolute Gasteiger partial charge is 0.389 e. The fraction of sp³-hybridized carbons (Fsp3) is 0.333. The highest BCUT2D eigenvalue weighted by atomic mass is 16.3. The summed E-state index contributed by atoms with van der Waals surface area (Å²) in [5.41, 5.74) is 1.48. The minimum absolute atomic E-state index is 0.156. The lowest BCUT2D eigenvalue weighted by atomic mass is 10.1. The fourth-order valence-corrected chi connectivity index (χ4v) is 2.00. The van der Waals surface area contributed by atoms with Gasteiger partial charge in [-0.25, -0.2) is 9.78 Å². The zero-order chi connectivity index (χ0) is 15.2. The molecule has 1 aromatic heterocycles. The van der Waals surface area contributed by atoms with Crippen LogP contribution in [0.15, 0.2) is 36.7 Å². The van der Waals surface area contributed by atoms with Crippen LogP contribution in [-0.4, -0.2) is 21.1 Å². The van der Waals surface area contributed by atoms with Crippen LogP contribution in [0.4, 0.5) is 10.5 Å². The van der Waals surface area contributed by atoms with E-state index in [9.17, 15) is 9.90 Å². The molecule has 6 heteroatoms. The van der Waals surface area contributed by atoms with E-state index in [0.29, 0.717) is 5.69 Å². The highest BCUT2D eigenvalue weighted by Crippen LogP contribution is 2.16. The maximum atomic E-state index is 12.0. The number of aliphatic hydroxyl groups is 1. The summed E-state index contributed by atoms with van der Waals surface area (Å²) < 4.78 is 0. The molecule has 0 radical (unpaired) electrons. The number of H-pyrrole nitrogens is 1. The third-order valence-electron chi connectivity index (χ3n) is 3.21. The summed E-state index contributed by atoms with van der Waals surface area (Å²) in [7, 11) is 0. The predicted octanol–water partition coefficient (Wildman–Crippen LogP) is 2.74. The first-order chi connectivity index (χ1) is 10.1. The van der Waals surface area contributed by atoms with Crippen LogP contribution in [0, 0.1) is 0 Å². The Kier molecular flexibility index (Phi) is 4.94. The number of aromatic nitrogens is 2. The Bertz CT molecular complexity index is 564. The molecule has 1 heterocycles. The van der Waals surface area contributed by atoms with Gasteiger partial charge in [-0.15, -0.1) is 0 Å². The van der Waals surface area contributed by atoms with Crippen molar-refractivity contribution in [2.24, 2.45) is 0 Å². The van der Waals surface area contributed by atoms with Crippen molar-refractivity contribution < 1.29 is 9.90 Å². The Balaban J connectivity index is 1.94. The molecule has 0 saturated carbocycles. The molecule has 0 fully saturated rings. The van der Waals surface area contributed by atoms with Crippen molar-refractivity contribution >= 4 is 11.7 Å². The van der Waals surface area contributed by atoms with Crippen LogP contribution in [0.3, 0.4) is 0 Å². The summed E-state index contributed by atoms with van der Waals surface area (Å²) in [6.45, 7) is 3.68. The lowest BCUT2D eigenvalue weighted by Crippen LogP contribution is -2.32. The highest BCUT2D eigenvalue weighted by Gasteiger charge is 2.14. The van der Waals surface area contributed by atoms with Crippen molar-refractivity contribution in [2.75, 3.05) is 5.32 Å². The van der Waals surface area contributed by atoms with Crippen LogP contribution in [0.1, 0.15) is 43.8 Å². The first-order valence-corrected chi connectivity index (χ1v) is 6.95. The van der Waals surface area contributed by atoms with E-state index >= 15 is 0 Å². The maximum Gasteiger partial charge on any atom is 0.319 e. The minimum atomic E-state index is -0.517. The molecule has 2 amide bonds. The van der Waals surface area contributed by atoms with Crippen LogP contribution >= 0.6 is 0 Å². The van der Waals surface area contributed by atoms with Gasteiger partial charge in [0.2, 0.25) is 0 Å². The average Bonchev–Trinajstić information content (AvgIpc) is 2.99. The van der Waals surface area contributed by atoms with E-state index in [4.69, 9.17) is 0 Å². The van der Waals surface area contributed by atoms with E-state index in [1.807, 2.05) is 6.92 Å². The molecule has 0 aliphatic heterocycles. The molecule has 0 spiro atoms. The lowest BCUT2D eigenvalue weighted by Gasteiger charge is -2.15. The average molecular weight is 288 g/mol. The quantitative estimate of drug-likeness (QED) is 0.682. The predicted molar refractivity (Wildman–Crippen MR) is 80.8 cm³/mol. The Morgan fingerprint density at radius 3 is 2.62 bits per heavy atom. The number of amides is 2. The summed E-state index contributed by atoms with van der Waals surface area (Å²) in [4.78, 5) is 19.1. The molecule has 2 aromatic rings. The van der Waals surface area contributed by atoms with Gasteiger partial charge in [0.1, 0.15) is 5.82 Å². The Morgan fingerprint density at radius 1 is 1.38 bits per heavy atom. The number of urea groups is 1. The zero-order valence-electron chi connectivity index (χ0n) is 12.1. The summed E-state index contributed by atoms with van der Waals surface area (Å²) in [5.74, 6) is 0.733. The lowest BCUT2D eigenvalue weighted by molar-refractivity contribution is 0.199. The second-order valence-electron chi connectivity index (χ2n) is 4.83. The molecule has 1 aromatic carbocycles. The van der Waals surface area contributed by atoms with Crippen molar-refractivity contribution in [3.8, 4) is 0 Å². The molecule has 0 saturated heterocycles. The minimum Gasteiger partial charge on any atom is -0.389 e. The zero-order valence-corrected chi connectivity index (χ0v) is 12.1. The Labute approximate surface area is 123 Å². The van der Waals surface area contributed by atoms with E-state index in [-0.39, 0.29) is 12.1 Å². The van der Waals surface area contributed by atoms with Crippen LogP contribution < -0.4 is 10.6 Å². The van der Waals surface area contributed by atoms with Gasteiger partial charge in [0.25, 0.3) is 0 Å². The fourth-order valence-electron chi connectivity index (χ4n) is 2.00. The van der Waals surface area contributed by atoms with Gasteiger partial charge in [-0.3, -0.25) is 0 Å². The number of imidazole rings is 1. The second-order valence-corrected chi connectivity index (χ2v) is 4.83. The van der Waals surface area contributed by atoms with E-state index in [1.165, 1.54) is 0 Å². The molecule has 4 N–H and O–H groups in total. The van der Waals surface area contributed by atoms with Crippen LogP contribution in [-0.2, 0) is 0 Å². The Hall–Kier alpha value is -2.34. The van der Waals surface area contributed by atoms with Crippen molar-refractivity contribution in [1.82, 2.24) is 15.3 Å². The van der Waals surface area contributed by atoms with Gasteiger partial charge in [-0.05, 0) is 31.0 Å². The number of anilines is 1. The summed E-state index contributed by atoms with van der Waals surface area (Å²) in [6, 6.07) is 6.64. The number of nitrogens with zero attached hydrogens (tertiary/aromatic N) is 1. The first-order valence-electron chi connectivity index (χ1n) is 6.95. The number of benzene rings is 1. The van der Waals surface area contributed by atoms with E-state index in [0.717, 1.165) is 17.8 Å². The molecule has 0 bridgehead atoms. The van der Waals surface area contributed by atoms with Crippen molar-refractivity contribution in [1.29, 1.82) is 0 Å². The number of hydrogen-bond donors (Lipinski definition) is 4. The number of carbonyl (C=O) groups excluding carboxylic acids is 1.